The van der Waals surface area contributed by atoms with Crippen LogP contribution in [0.25, 0.3) is 0 Å². The van der Waals surface area contributed by atoms with Gasteiger partial charge in [-0.05, 0) is 50.3 Å². The van der Waals surface area contributed by atoms with E-state index in [1.165, 1.54) is 51.6 Å². The topological polar surface area (TPSA) is 59.9 Å². The first kappa shape index (κ1) is 18.1. The lowest BCUT2D eigenvalue weighted by molar-refractivity contribution is 0.150. The lowest BCUT2D eigenvalue weighted by atomic mass is 10.0. The zero-order valence-electron chi connectivity index (χ0n) is 15.4. The van der Waals surface area contributed by atoms with Crippen LogP contribution in [0.3, 0.4) is 0 Å². The number of phenols is 1. The van der Waals surface area contributed by atoms with Crippen molar-refractivity contribution in [2.75, 3.05) is 19.6 Å². The summed E-state index contributed by atoms with van der Waals surface area (Å²) in [6.45, 7) is 6.00. The molecular weight excluding hydrogens is 312 g/mol. The number of guanidine groups is 1. The highest BCUT2D eigenvalue weighted by Gasteiger charge is 2.27. The van der Waals surface area contributed by atoms with Crippen LogP contribution in [0, 0.1) is 0 Å². The van der Waals surface area contributed by atoms with Gasteiger partial charge in [0, 0.05) is 31.7 Å². The van der Waals surface area contributed by atoms with Gasteiger partial charge in [0.15, 0.2) is 5.96 Å². The van der Waals surface area contributed by atoms with Crippen LogP contribution < -0.4 is 10.6 Å². The predicted molar refractivity (Wildman–Crippen MR) is 103 cm³/mol. The molecule has 3 N–H and O–H groups in total. The number of hydrogen-bond donors (Lipinski definition) is 3. The lowest BCUT2D eigenvalue weighted by Crippen LogP contribution is -2.50. The summed E-state index contributed by atoms with van der Waals surface area (Å²) in [4.78, 5) is 7.40. The summed E-state index contributed by atoms with van der Waals surface area (Å²) in [5.74, 6) is 1.20. The number of rotatable bonds is 5. The Morgan fingerprint density at radius 3 is 2.44 bits per heavy atom. The Hall–Kier alpha value is -1.75. The number of hydrogen-bond acceptors (Lipinski definition) is 3. The Balaban J connectivity index is 1.49. The molecule has 1 saturated heterocycles. The van der Waals surface area contributed by atoms with Gasteiger partial charge in [-0.3, -0.25) is 0 Å². The van der Waals surface area contributed by atoms with E-state index >= 15 is 0 Å². The fraction of sp³-hybridized carbons (Fsp3) is 0.650. The summed E-state index contributed by atoms with van der Waals surface area (Å²) in [7, 11) is 0. The normalized spacial score (nSPS) is 20.8. The van der Waals surface area contributed by atoms with Crippen LogP contribution in [0.1, 0.15) is 51.0 Å². The number of phenolic OH excluding ortho intramolecular Hbond substituents is 1. The maximum Gasteiger partial charge on any atom is 0.191 e. The van der Waals surface area contributed by atoms with Crippen molar-refractivity contribution >= 4 is 5.96 Å². The molecule has 5 heteroatoms. The van der Waals surface area contributed by atoms with E-state index in [1.807, 2.05) is 12.1 Å². The number of nitrogens with one attached hydrogen (secondary N) is 2. The first-order valence-electron chi connectivity index (χ1n) is 9.81. The maximum atomic E-state index is 9.37. The number of nitrogens with zero attached hydrogens (tertiary/aromatic N) is 2. The first-order valence-corrected chi connectivity index (χ1v) is 9.81. The molecule has 0 radical (unpaired) electrons. The number of piperidine rings is 1. The Morgan fingerprint density at radius 1 is 1.12 bits per heavy atom. The van der Waals surface area contributed by atoms with Crippen LogP contribution in [0.2, 0.25) is 0 Å². The molecular formula is C20H32N4O. The molecule has 2 fully saturated rings. The lowest BCUT2D eigenvalue weighted by Gasteiger charge is -2.36. The van der Waals surface area contributed by atoms with Crippen molar-refractivity contribution in [3.63, 3.8) is 0 Å². The smallest absolute Gasteiger partial charge is 0.191 e. The average molecular weight is 345 g/mol. The van der Waals surface area contributed by atoms with Gasteiger partial charge in [-0.15, -0.1) is 0 Å². The SMILES string of the molecule is CCNC(=NCc1ccc(O)cc1)NC1CCN(C2CCCC2)CC1. The van der Waals surface area contributed by atoms with Crippen LogP contribution in [0.4, 0.5) is 0 Å². The zero-order valence-corrected chi connectivity index (χ0v) is 15.4. The molecule has 5 nitrogen and oxygen atoms in total. The van der Waals surface area contributed by atoms with E-state index in [1.54, 1.807) is 12.1 Å². The third kappa shape index (κ3) is 5.36. The Labute approximate surface area is 151 Å². The number of likely N-dealkylation sites (tertiary alicyclic amines) is 1. The highest BCUT2D eigenvalue weighted by Crippen LogP contribution is 2.26. The van der Waals surface area contributed by atoms with E-state index in [0.717, 1.165) is 24.1 Å². The Kier molecular flexibility index (Phi) is 6.56. The molecule has 25 heavy (non-hydrogen) atoms. The molecule has 1 aliphatic heterocycles. The molecule has 1 aromatic carbocycles. The van der Waals surface area contributed by atoms with Gasteiger partial charge in [0.1, 0.15) is 5.75 Å². The molecule has 3 rings (SSSR count). The van der Waals surface area contributed by atoms with Crippen molar-refractivity contribution in [2.45, 2.75) is 64.1 Å². The predicted octanol–water partition coefficient (Wildman–Crippen LogP) is 2.85. The summed E-state index contributed by atoms with van der Waals surface area (Å²) in [5, 5.41) is 16.3. The molecule has 0 bridgehead atoms. The van der Waals surface area contributed by atoms with Crippen molar-refractivity contribution in [3.8, 4) is 5.75 Å². The van der Waals surface area contributed by atoms with E-state index in [4.69, 9.17) is 4.99 Å². The second kappa shape index (κ2) is 9.09. The van der Waals surface area contributed by atoms with E-state index in [0.29, 0.717) is 18.3 Å². The molecule has 0 atom stereocenters. The quantitative estimate of drug-likeness (QED) is 0.568. The molecule has 1 saturated carbocycles. The van der Waals surface area contributed by atoms with Crippen LogP contribution in [-0.2, 0) is 6.54 Å². The number of benzene rings is 1. The van der Waals surface area contributed by atoms with Crippen molar-refractivity contribution in [1.29, 1.82) is 0 Å². The average Bonchev–Trinajstić information content (AvgIpc) is 3.16. The van der Waals surface area contributed by atoms with Crippen molar-refractivity contribution in [2.24, 2.45) is 4.99 Å². The minimum Gasteiger partial charge on any atom is -0.508 e. The van der Waals surface area contributed by atoms with Gasteiger partial charge in [-0.2, -0.15) is 0 Å². The third-order valence-electron chi connectivity index (χ3n) is 5.41. The summed E-state index contributed by atoms with van der Waals surface area (Å²) in [6, 6.07) is 8.62. The van der Waals surface area contributed by atoms with Crippen LogP contribution in [0.5, 0.6) is 5.75 Å². The fourth-order valence-electron chi connectivity index (χ4n) is 3.96. The largest absolute Gasteiger partial charge is 0.508 e. The van der Waals surface area contributed by atoms with Crippen LogP contribution in [-0.4, -0.2) is 47.7 Å². The molecule has 1 aromatic rings. The molecule has 0 aromatic heterocycles. The second-order valence-electron chi connectivity index (χ2n) is 7.25. The van der Waals surface area contributed by atoms with E-state index in [9.17, 15) is 5.11 Å². The maximum absolute atomic E-state index is 9.37. The molecule has 1 aliphatic carbocycles. The minimum absolute atomic E-state index is 0.298. The summed E-state index contributed by atoms with van der Waals surface area (Å²) < 4.78 is 0. The Bertz CT molecular complexity index is 543. The first-order chi connectivity index (χ1) is 12.2. The second-order valence-corrected chi connectivity index (χ2v) is 7.25. The highest BCUT2D eigenvalue weighted by molar-refractivity contribution is 5.80. The summed E-state index contributed by atoms with van der Waals surface area (Å²) in [5.41, 5.74) is 1.10. The number of aromatic hydroxyl groups is 1. The van der Waals surface area contributed by atoms with Gasteiger partial charge in [0.2, 0.25) is 0 Å². The molecule has 0 amide bonds. The van der Waals surface area contributed by atoms with Crippen molar-refractivity contribution in [3.05, 3.63) is 29.8 Å². The van der Waals surface area contributed by atoms with Gasteiger partial charge in [-0.25, -0.2) is 4.99 Å². The third-order valence-corrected chi connectivity index (χ3v) is 5.41. The van der Waals surface area contributed by atoms with Gasteiger partial charge in [0.25, 0.3) is 0 Å². The van der Waals surface area contributed by atoms with E-state index < -0.39 is 0 Å². The minimum atomic E-state index is 0.298. The molecule has 0 spiro atoms. The van der Waals surface area contributed by atoms with Crippen molar-refractivity contribution < 1.29 is 5.11 Å². The summed E-state index contributed by atoms with van der Waals surface area (Å²) in [6.07, 6.45) is 8.01. The molecule has 138 valence electrons. The zero-order chi connectivity index (χ0) is 17.5. The Morgan fingerprint density at radius 2 is 1.80 bits per heavy atom. The van der Waals surface area contributed by atoms with Gasteiger partial charge < -0.3 is 20.6 Å². The highest BCUT2D eigenvalue weighted by atomic mass is 16.3. The standard InChI is InChI=1S/C20H32N4O/c1-2-21-20(22-15-16-7-9-19(25)10-8-16)23-17-11-13-24(14-12-17)18-5-3-4-6-18/h7-10,17-18,25H,2-6,11-15H2,1H3,(H2,21,22,23). The molecule has 2 aliphatic rings. The number of aliphatic imine (C=N–C) groups is 1. The molecule has 1 heterocycles. The monoisotopic (exact) mass is 344 g/mol. The van der Waals surface area contributed by atoms with Gasteiger partial charge in [-0.1, -0.05) is 25.0 Å². The van der Waals surface area contributed by atoms with Crippen LogP contribution >= 0.6 is 0 Å². The van der Waals surface area contributed by atoms with E-state index in [-0.39, 0.29) is 0 Å². The molecule has 0 unspecified atom stereocenters. The van der Waals surface area contributed by atoms with Crippen molar-refractivity contribution in [1.82, 2.24) is 15.5 Å². The van der Waals surface area contributed by atoms with Gasteiger partial charge in [0.05, 0.1) is 6.54 Å². The van der Waals surface area contributed by atoms with Gasteiger partial charge >= 0.3 is 0 Å². The van der Waals surface area contributed by atoms with Crippen LogP contribution in [0.15, 0.2) is 29.3 Å². The fourth-order valence-corrected chi connectivity index (χ4v) is 3.96. The van der Waals surface area contributed by atoms with E-state index in [2.05, 4.69) is 22.5 Å². The summed E-state index contributed by atoms with van der Waals surface area (Å²) >= 11 is 0.